The topological polar surface area (TPSA) is 46.9 Å². The summed E-state index contributed by atoms with van der Waals surface area (Å²) in [6.07, 6.45) is 8.76. The monoisotopic (exact) mass is 411 g/mol. The lowest BCUT2D eigenvalue weighted by Gasteiger charge is -2.22. The molecule has 2 atom stereocenters. The van der Waals surface area contributed by atoms with E-state index in [0.29, 0.717) is 11.6 Å². The number of imidazole rings is 1. The molecule has 3 rings (SSSR count). The van der Waals surface area contributed by atoms with E-state index in [9.17, 15) is 4.79 Å². The van der Waals surface area contributed by atoms with Gasteiger partial charge in [-0.05, 0) is 53.4 Å². The molecular weight excluding hydrogens is 398 g/mol. The third-order valence-corrected chi connectivity index (χ3v) is 5.03. The molecule has 1 N–H and O–H groups in total. The molecule has 0 aliphatic heterocycles. The van der Waals surface area contributed by atoms with E-state index >= 15 is 0 Å². The maximum Gasteiger partial charge on any atom is 0.252 e. The lowest BCUT2D eigenvalue weighted by Crippen LogP contribution is -2.38. The molecule has 1 aliphatic carbocycles. The van der Waals surface area contributed by atoms with Gasteiger partial charge in [0.15, 0.2) is 0 Å². The van der Waals surface area contributed by atoms with Crippen LogP contribution in [0.4, 0.5) is 0 Å². The van der Waals surface area contributed by atoms with E-state index in [0.717, 1.165) is 28.2 Å². The lowest BCUT2D eigenvalue weighted by atomic mass is 10.1. The minimum Gasteiger partial charge on any atom is -0.347 e. The van der Waals surface area contributed by atoms with Gasteiger partial charge in [0.1, 0.15) is 0 Å². The zero-order chi connectivity index (χ0) is 14.8. The summed E-state index contributed by atoms with van der Waals surface area (Å²) in [4.78, 5) is 16.6. The first-order valence-corrected chi connectivity index (χ1v) is 8.47. The Kier molecular flexibility index (Phi) is 4.45. The number of amides is 1. The maximum atomic E-state index is 12.5. The Morgan fingerprint density at radius 3 is 2.90 bits per heavy atom. The normalized spacial score (nSPS) is 21.4. The van der Waals surface area contributed by atoms with E-state index in [1.165, 1.54) is 0 Å². The zero-order valence-corrected chi connectivity index (χ0v) is 14.5. The second-order valence-electron chi connectivity index (χ2n) is 5.21. The van der Waals surface area contributed by atoms with E-state index in [-0.39, 0.29) is 11.9 Å². The van der Waals surface area contributed by atoms with Crippen LogP contribution in [-0.4, -0.2) is 21.5 Å². The Bertz CT molecular complexity index is 642. The molecule has 1 aliphatic rings. The van der Waals surface area contributed by atoms with Gasteiger partial charge in [-0.3, -0.25) is 4.79 Å². The van der Waals surface area contributed by atoms with Gasteiger partial charge in [0.05, 0.1) is 17.9 Å². The number of rotatable bonds is 3. The highest BCUT2D eigenvalue weighted by Gasteiger charge is 2.30. The van der Waals surface area contributed by atoms with Crippen LogP contribution in [0.15, 0.2) is 45.9 Å². The Morgan fingerprint density at radius 2 is 2.19 bits per heavy atom. The minimum absolute atomic E-state index is 0.0357. The first-order valence-electron chi connectivity index (χ1n) is 6.88. The Labute approximate surface area is 140 Å². The van der Waals surface area contributed by atoms with Gasteiger partial charge < -0.3 is 9.88 Å². The summed E-state index contributed by atoms with van der Waals surface area (Å²) in [7, 11) is 0. The molecule has 0 spiro atoms. The Morgan fingerprint density at radius 1 is 1.33 bits per heavy atom. The largest absolute Gasteiger partial charge is 0.347 e. The molecule has 6 heteroatoms. The van der Waals surface area contributed by atoms with Gasteiger partial charge >= 0.3 is 0 Å². The second kappa shape index (κ2) is 6.32. The summed E-state index contributed by atoms with van der Waals surface area (Å²) >= 11 is 6.84. The highest BCUT2D eigenvalue weighted by atomic mass is 79.9. The van der Waals surface area contributed by atoms with E-state index in [1.807, 2.05) is 30.7 Å². The SMILES string of the molecule is O=C(NC1CCCC1n1ccnc1)c1ccc(Br)cc1Br. The number of hydrogen-bond donors (Lipinski definition) is 1. The van der Waals surface area contributed by atoms with Crippen LogP contribution in [0.25, 0.3) is 0 Å². The van der Waals surface area contributed by atoms with Gasteiger partial charge in [0.2, 0.25) is 0 Å². The quantitative estimate of drug-likeness (QED) is 0.829. The van der Waals surface area contributed by atoms with E-state index in [2.05, 4.69) is 46.7 Å². The summed E-state index contributed by atoms with van der Waals surface area (Å²) in [6.45, 7) is 0. The molecule has 1 heterocycles. The number of carbonyl (C=O) groups is 1. The molecular formula is C15H15Br2N3O. The average molecular weight is 413 g/mol. The molecule has 110 valence electrons. The molecule has 1 amide bonds. The Balaban J connectivity index is 1.75. The first kappa shape index (κ1) is 14.8. The number of hydrogen-bond acceptors (Lipinski definition) is 2. The molecule has 0 bridgehead atoms. The Hall–Kier alpha value is -1.14. The molecule has 2 aromatic rings. The van der Waals surface area contributed by atoms with Crippen molar-refractivity contribution in [2.75, 3.05) is 0 Å². The lowest BCUT2D eigenvalue weighted by molar-refractivity contribution is 0.0928. The van der Waals surface area contributed by atoms with Gasteiger partial charge in [-0.25, -0.2) is 4.98 Å². The second-order valence-corrected chi connectivity index (χ2v) is 6.98. The first-order chi connectivity index (χ1) is 10.1. The number of aromatic nitrogens is 2. The molecule has 21 heavy (non-hydrogen) atoms. The zero-order valence-electron chi connectivity index (χ0n) is 11.3. The van der Waals surface area contributed by atoms with Crippen molar-refractivity contribution in [3.05, 3.63) is 51.4 Å². The molecule has 0 saturated heterocycles. The summed E-state index contributed by atoms with van der Waals surface area (Å²) < 4.78 is 3.84. The molecule has 1 aromatic carbocycles. The van der Waals surface area contributed by atoms with Crippen LogP contribution in [-0.2, 0) is 0 Å². The summed E-state index contributed by atoms with van der Waals surface area (Å²) in [6, 6.07) is 6.04. The van der Waals surface area contributed by atoms with Crippen LogP contribution in [0.5, 0.6) is 0 Å². The van der Waals surface area contributed by atoms with Crippen LogP contribution in [0.3, 0.4) is 0 Å². The van der Waals surface area contributed by atoms with Gasteiger partial charge in [-0.2, -0.15) is 0 Å². The fraction of sp³-hybridized carbons (Fsp3) is 0.333. The average Bonchev–Trinajstić information content (AvgIpc) is 3.08. The highest BCUT2D eigenvalue weighted by molar-refractivity contribution is 9.11. The van der Waals surface area contributed by atoms with Crippen LogP contribution in [0.1, 0.15) is 35.7 Å². The number of benzene rings is 1. The summed E-state index contributed by atoms with van der Waals surface area (Å²) in [5, 5.41) is 3.16. The summed E-state index contributed by atoms with van der Waals surface area (Å²) in [5.74, 6) is -0.0357. The summed E-state index contributed by atoms with van der Waals surface area (Å²) in [5.41, 5.74) is 0.662. The standard InChI is InChI=1S/C15H15Br2N3O/c16-10-4-5-11(12(17)8-10)15(21)19-13-2-1-3-14(13)20-7-6-18-9-20/h4-9,13-14H,1-3H2,(H,19,21). The van der Waals surface area contributed by atoms with Crippen LogP contribution in [0.2, 0.25) is 0 Å². The fourth-order valence-electron chi connectivity index (χ4n) is 2.85. The molecule has 1 saturated carbocycles. The van der Waals surface area contributed by atoms with E-state index < -0.39 is 0 Å². The third kappa shape index (κ3) is 3.21. The predicted molar refractivity (Wildman–Crippen MR) is 88.2 cm³/mol. The van der Waals surface area contributed by atoms with Crippen molar-refractivity contribution >= 4 is 37.8 Å². The van der Waals surface area contributed by atoms with Crippen molar-refractivity contribution < 1.29 is 4.79 Å². The van der Waals surface area contributed by atoms with Crippen LogP contribution >= 0.6 is 31.9 Å². The van der Waals surface area contributed by atoms with Crippen LogP contribution in [0, 0.1) is 0 Å². The molecule has 1 fully saturated rings. The number of halogens is 2. The predicted octanol–water partition coefficient (Wildman–Crippen LogP) is 3.93. The van der Waals surface area contributed by atoms with Crippen LogP contribution < -0.4 is 5.32 Å². The smallest absolute Gasteiger partial charge is 0.252 e. The third-order valence-electron chi connectivity index (χ3n) is 3.88. The molecule has 2 unspecified atom stereocenters. The number of nitrogens with one attached hydrogen (secondary N) is 1. The van der Waals surface area contributed by atoms with E-state index in [4.69, 9.17) is 0 Å². The van der Waals surface area contributed by atoms with Crippen molar-refractivity contribution in [1.82, 2.24) is 14.9 Å². The van der Waals surface area contributed by atoms with Crippen molar-refractivity contribution in [3.63, 3.8) is 0 Å². The van der Waals surface area contributed by atoms with Gasteiger partial charge in [0, 0.05) is 27.4 Å². The van der Waals surface area contributed by atoms with E-state index in [1.54, 1.807) is 6.20 Å². The van der Waals surface area contributed by atoms with Crippen molar-refractivity contribution in [2.45, 2.75) is 31.3 Å². The minimum atomic E-state index is -0.0357. The fourth-order valence-corrected chi connectivity index (χ4v) is 4.08. The van der Waals surface area contributed by atoms with Crippen molar-refractivity contribution in [3.8, 4) is 0 Å². The number of carbonyl (C=O) groups excluding carboxylic acids is 1. The molecule has 4 nitrogen and oxygen atoms in total. The van der Waals surface area contributed by atoms with Gasteiger partial charge in [-0.15, -0.1) is 0 Å². The molecule has 1 aromatic heterocycles. The highest BCUT2D eigenvalue weighted by Crippen LogP contribution is 2.30. The van der Waals surface area contributed by atoms with Crippen molar-refractivity contribution in [1.29, 1.82) is 0 Å². The number of nitrogens with zero attached hydrogens (tertiary/aromatic N) is 2. The molecule has 0 radical (unpaired) electrons. The maximum absolute atomic E-state index is 12.5. The van der Waals surface area contributed by atoms with Gasteiger partial charge in [-0.1, -0.05) is 15.9 Å². The van der Waals surface area contributed by atoms with Crippen molar-refractivity contribution in [2.24, 2.45) is 0 Å². The van der Waals surface area contributed by atoms with Gasteiger partial charge in [0.25, 0.3) is 5.91 Å².